The topological polar surface area (TPSA) is 151 Å². The molecule has 0 aliphatic heterocycles. The van der Waals surface area contributed by atoms with Crippen molar-refractivity contribution in [3.05, 3.63) is 97.3 Å². The molecule has 0 aliphatic rings. The van der Waals surface area contributed by atoms with Crippen LogP contribution < -0.4 is 22.3 Å². The average molecular weight is 526 g/mol. The van der Waals surface area contributed by atoms with E-state index in [0.717, 1.165) is 27.3 Å². The van der Waals surface area contributed by atoms with Crippen molar-refractivity contribution in [2.45, 2.75) is 33.0 Å². The van der Waals surface area contributed by atoms with Crippen LogP contribution in [0.3, 0.4) is 0 Å². The number of nitrogens with two attached hydrogens (primary N) is 2. The third-order valence-electron chi connectivity index (χ3n) is 5.80. The maximum absolute atomic E-state index is 13.7. The van der Waals surface area contributed by atoms with E-state index in [1.165, 1.54) is 30.4 Å². The largest absolute Gasteiger partial charge is 0.416 e. The molecule has 3 aromatic rings. The number of quaternary nitrogens is 1. The Balaban J connectivity index is 2.46. The first-order valence-electron chi connectivity index (χ1n) is 11.3. The standard InChI is InChI=1S/C26H23F3N6O3/c1-14(2)34-24(37)21(15(3)35(25(34)38)19-6-4-5-17(11-19)26(27,28)29)22(20(13-31)23(32)36)33-18-9-7-16(12-30)8-10-18/h4-11,13-14,31,33H,1-3H3,(H2,32,36)/p+1/b22-20+,31-13?. The van der Waals surface area contributed by atoms with E-state index in [1.807, 2.05) is 6.07 Å². The third-order valence-corrected chi connectivity index (χ3v) is 5.80. The van der Waals surface area contributed by atoms with E-state index < -0.39 is 34.9 Å². The first-order chi connectivity index (χ1) is 17.8. The highest BCUT2D eigenvalue weighted by molar-refractivity contribution is 6.15. The third kappa shape index (κ3) is 5.33. The lowest BCUT2D eigenvalue weighted by molar-refractivity contribution is -0.469. The molecule has 38 heavy (non-hydrogen) atoms. The van der Waals surface area contributed by atoms with Crippen molar-refractivity contribution < 1.29 is 23.3 Å². The second-order valence-corrected chi connectivity index (χ2v) is 8.61. The highest BCUT2D eigenvalue weighted by atomic mass is 19.4. The minimum absolute atomic E-state index is 0.0586. The van der Waals surface area contributed by atoms with Gasteiger partial charge in [0.25, 0.3) is 11.5 Å². The Morgan fingerprint density at radius 3 is 2.29 bits per heavy atom. The molecule has 196 valence electrons. The number of amides is 1. The van der Waals surface area contributed by atoms with E-state index in [1.54, 1.807) is 26.0 Å². The summed E-state index contributed by atoms with van der Waals surface area (Å²) in [5.41, 5.74) is 2.75. The number of nitrogens with zero attached hydrogens (tertiary/aromatic N) is 3. The van der Waals surface area contributed by atoms with Gasteiger partial charge in [-0.2, -0.15) is 18.4 Å². The van der Waals surface area contributed by atoms with E-state index in [-0.39, 0.29) is 28.2 Å². The zero-order valence-electron chi connectivity index (χ0n) is 20.6. The van der Waals surface area contributed by atoms with Gasteiger partial charge in [0.1, 0.15) is 16.8 Å². The fraction of sp³-hybridized carbons (Fsp3) is 0.192. The van der Waals surface area contributed by atoms with Gasteiger partial charge in [0.05, 0.1) is 22.9 Å². The summed E-state index contributed by atoms with van der Waals surface area (Å²) in [5, 5.41) is 18.2. The van der Waals surface area contributed by atoms with E-state index in [0.29, 0.717) is 17.5 Å². The van der Waals surface area contributed by atoms with Crippen molar-refractivity contribution in [3.8, 4) is 11.8 Å². The molecule has 1 aromatic heterocycles. The normalized spacial score (nSPS) is 12.2. The maximum atomic E-state index is 13.7. The first-order valence-corrected chi connectivity index (χ1v) is 11.3. The zero-order chi connectivity index (χ0) is 28.4. The summed E-state index contributed by atoms with van der Waals surface area (Å²) >= 11 is 0. The number of carbonyl (C=O) groups excluding carboxylic acids is 1. The Bertz CT molecular complexity index is 1610. The Morgan fingerprint density at radius 2 is 1.79 bits per heavy atom. The average Bonchev–Trinajstić information content (AvgIpc) is 2.84. The summed E-state index contributed by atoms with van der Waals surface area (Å²) < 4.78 is 42.2. The van der Waals surface area contributed by atoms with Crippen LogP contribution in [0.1, 0.15) is 42.3 Å². The van der Waals surface area contributed by atoms with Crippen LogP contribution in [0, 0.1) is 23.7 Å². The van der Waals surface area contributed by atoms with Gasteiger partial charge in [-0.3, -0.25) is 24.0 Å². The monoisotopic (exact) mass is 525 g/mol. The van der Waals surface area contributed by atoms with Crippen LogP contribution in [0.5, 0.6) is 0 Å². The van der Waals surface area contributed by atoms with Crippen molar-refractivity contribution in [2.24, 2.45) is 5.73 Å². The number of alkyl halides is 3. The molecule has 3 rings (SSSR count). The van der Waals surface area contributed by atoms with Gasteiger partial charge in [0.15, 0.2) is 5.70 Å². The van der Waals surface area contributed by atoms with Gasteiger partial charge >= 0.3 is 11.9 Å². The van der Waals surface area contributed by atoms with Crippen LogP contribution in [-0.4, -0.2) is 21.3 Å². The van der Waals surface area contributed by atoms with Crippen LogP contribution in [0.4, 0.5) is 18.9 Å². The number of hydrogen-bond acceptors (Lipinski definition) is 5. The quantitative estimate of drug-likeness (QED) is 0.247. The molecule has 1 heterocycles. The molecule has 12 heteroatoms. The molecule has 0 radical (unpaired) electrons. The predicted octanol–water partition coefficient (Wildman–Crippen LogP) is 2.52. The lowest BCUT2D eigenvalue weighted by Gasteiger charge is -2.20. The fourth-order valence-electron chi connectivity index (χ4n) is 4.00. The maximum Gasteiger partial charge on any atom is 0.416 e. The van der Waals surface area contributed by atoms with Crippen LogP contribution in [0.2, 0.25) is 0 Å². The zero-order valence-corrected chi connectivity index (χ0v) is 20.6. The van der Waals surface area contributed by atoms with Gasteiger partial charge in [-0.05, 0) is 51.1 Å². The van der Waals surface area contributed by atoms with Gasteiger partial charge < -0.3 is 11.1 Å². The van der Waals surface area contributed by atoms with Crippen molar-refractivity contribution in [2.75, 3.05) is 0 Å². The van der Waals surface area contributed by atoms with Gasteiger partial charge in [0, 0.05) is 30.1 Å². The summed E-state index contributed by atoms with van der Waals surface area (Å²) in [6, 6.07) is 11.4. The minimum Gasteiger partial charge on any atom is -0.365 e. The SMILES string of the molecule is Cc1c(/C([NH2+]c2ccc(C#N)cc2)=C(/C=N)C(N)=O)c(=O)n(C(C)C)c(=O)n1-c1cccc(C(F)(F)F)c1. The minimum atomic E-state index is -4.68. The van der Waals surface area contributed by atoms with Crippen LogP contribution >= 0.6 is 0 Å². The van der Waals surface area contributed by atoms with Crippen molar-refractivity contribution >= 4 is 23.5 Å². The number of primary amides is 1. The van der Waals surface area contributed by atoms with E-state index in [4.69, 9.17) is 16.4 Å². The highest BCUT2D eigenvalue weighted by Crippen LogP contribution is 2.30. The van der Waals surface area contributed by atoms with Gasteiger partial charge in [-0.15, -0.1) is 0 Å². The highest BCUT2D eigenvalue weighted by Gasteiger charge is 2.32. The molecule has 1 amide bonds. The number of hydrogen-bond donors (Lipinski definition) is 3. The van der Waals surface area contributed by atoms with E-state index >= 15 is 0 Å². The molecular weight excluding hydrogens is 501 g/mol. The number of nitrogens with one attached hydrogen (secondary N) is 1. The van der Waals surface area contributed by atoms with Gasteiger partial charge in [-0.25, -0.2) is 4.79 Å². The van der Waals surface area contributed by atoms with E-state index in [9.17, 15) is 27.6 Å². The predicted molar refractivity (Wildman–Crippen MR) is 134 cm³/mol. The molecule has 0 atom stereocenters. The van der Waals surface area contributed by atoms with Crippen molar-refractivity contribution in [3.63, 3.8) is 0 Å². The lowest BCUT2D eigenvalue weighted by atomic mass is 10.0. The van der Waals surface area contributed by atoms with Crippen LogP contribution in [0.25, 0.3) is 11.4 Å². The molecule has 0 saturated carbocycles. The number of rotatable bonds is 7. The molecular formula is C26H24F3N6O3+. The lowest BCUT2D eigenvalue weighted by Crippen LogP contribution is -2.76. The van der Waals surface area contributed by atoms with Gasteiger partial charge in [-0.1, -0.05) is 6.07 Å². The molecule has 0 fully saturated rings. The molecule has 0 saturated heterocycles. The molecule has 9 nitrogen and oxygen atoms in total. The van der Waals surface area contributed by atoms with Crippen LogP contribution in [-0.2, 0) is 11.0 Å². The molecule has 0 aliphatic carbocycles. The number of nitriles is 1. The Hall–Kier alpha value is -4.76. The molecule has 5 N–H and O–H groups in total. The first kappa shape index (κ1) is 27.8. The summed E-state index contributed by atoms with van der Waals surface area (Å²) in [4.78, 5) is 39.4. The van der Waals surface area contributed by atoms with E-state index in [2.05, 4.69) is 0 Å². The van der Waals surface area contributed by atoms with Crippen molar-refractivity contribution in [1.82, 2.24) is 9.13 Å². The van der Waals surface area contributed by atoms with Gasteiger partial charge in [0.2, 0.25) is 0 Å². The number of benzene rings is 2. The number of aromatic nitrogens is 2. The van der Waals surface area contributed by atoms with Crippen LogP contribution in [0.15, 0.2) is 63.7 Å². The summed E-state index contributed by atoms with van der Waals surface area (Å²) in [5.74, 6) is -1.04. The number of halogens is 3. The smallest absolute Gasteiger partial charge is 0.365 e. The Labute approximate surface area is 214 Å². The Morgan fingerprint density at radius 1 is 1.16 bits per heavy atom. The molecule has 0 spiro atoms. The number of carbonyl (C=O) groups is 1. The summed E-state index contributed by atoms with van der Waals surface area (Å²) in [7, 11) is 0. The fourth-order valence-corrected chi connectivity index (χ4v) is 4.00. The Kier molecular flexibility index (Phi) is 7.83. The molecule has 0 unspecified atom stereocenters. The van der Waals surface area contributed by atoms with Crippen molar-refractivity contribution in [1.29, 1.82) is 10.7 Å². The summed E-state index contributed by atoms with van der Waals surface area (Å²) in [6.07, 6.45) is -4.02. The molecule has 2 aromatic carbocycles. The molecule has 0 bridgehead atoms. The second kappa shape index (κ2) is 10.7. The second-order valence-electron chi connectivity index (χ2n) is 8.61. The summed E-state index contributed by atoms with van der Waals surface area (Å²) in [6.45, 7) is 4.47.